The minimum atomic E-state index is -0.240. The number of carbonyl (C=O) groups is 1. The van der Waals surface area contributed by atoms with Gasteiger partial charge in [-0.15, -0.1) is 0 Å². The van der Waals surface area contributed by atoms with Crippen LogP contribution in [0.3, 0.4) is 0 Å². The van der Waals surface area contributed by atoms with Crippen LogP contribution < -0.4 is 0 Å². The summed E-state index contributed by atoms with van der Waals surface area (Å²) in [6, 6.07) is 13.0. The van der Waals surface area contributed by atoms with Crippen LogP contribution in [0.1, 0.15) is 55.0 Å². The van der Waals surface area contributed by atoms with Gasteiger partial charge in [-0.2, -0.15) is 0 Å². The number of nitrogens with one attached hydrogen (secondary N) is 1. The van der Waals surface area contributed by atoms with Gasteiger partial charge in [0.1, 0.15) is 5.82 Å². The number of piperidine rings is 1. The Balaban J connectivity index is 1.40. The molecule has 2 aliphatic heterocycles. The van der Waals surface area contributed by atoms with Gasteiger partial charge in [-0.25, -0.2) is 4.39 Å². The number of aromatic amines is 1. The van der Waals surface area contributed by atoms with Crippen molar-refractivity contribution in [1.82, 2.24) is 14.8 Å². The maximum Gasteiger partial charge on any atom is 0.225 e. The predicted molar refractivity (Wildman–Crippen MR) is 137 cm³/mol. The lowest BCUT2D eigenvalue weighted by atomic mass is 9.68. The Morgan fingerprint density at radius 1 is 1.17 bits per heavy atom. The fraction of sp³-hybridized carbons (Fsp3) is 0.464. The van der Waals surface area contributed by atoms with Crippen molar-refractivity contribution in [1.29, 1.82) is 0 Å². The highest BCUT2D eigenvalue weighted by molar-refractivity contribution is 9.10. The fourth-order valence-corrected chi connectivity index (χ4v) is 6.83. The highest BCUT2D eigenvalue weighted by Crippen LogP contribution is 2.49. The second kappa shape index (κ2) is 9.02. The quantitative estimate of drug-likeness (QED) is 0.474. The molecular weight excluding hydrogens is 509 g/mol. The van der Waals surface area contributed by atoms with E-state index >= 15 is 0 Å². The molecule has 2 aromatic carbocycles. The molecule has 1 saturated carbocycles. The number of likely N-dealkylation sites (tertiary alicyclic amines) is 1. The largest absolute Gasteiger partial charge is 0.394 e. The monoisotopic (exact) mass is 539 g/mol. The predicted octanol–water partition coefficient (Wildman–Crippen LogP) is 5.28. The lowest BCUT2D eigenvalue weighted by Gasteiger charge is -2.50. The number of amides is 1. The number of benzene rings is 2. The molecule has 35 heavy (non-hydrogen) atoms. The first-order valence-electron chi connectivity index (χ1n) is 12.7. The summed E-state index contributed by atoms with van der Waals surface area (Å²) in [6.45, 7) is 2.61. The van der Waals surface area contributed by atoms with E-state index in [1.165, 1.54) is 17.0 Å². The van der Waals surface area contributed by atoms with E-state index in [2.05, 4.69) is 48.9 Å². The summed E-state index contributed by atoms with van der Waals surface area (Å²) in [5.74, 6) is 0.319. The van der Waals surface area contributed by atoms with Crippen molar-refractivity contribution in [3.05, 3.63) is 69.6 Å². The van der Waals surface area contributed by atoms with Crippen molar-refractivity contribution >= 4 is 32.7 Å². The molecule has 3 aromatic rings. The Hall–Kier alpha value is -2.22. The minimum Gasteiger partial charge on any atom is -0.394 e. The average Bonchev–Trinajstić information content (AvgIpc) is 3.19. The number of nitrogens with zero attached hydrogens (tertiary/aromatic N) is 2. The highest BCUT2D eigenvalue weighted by atomic mass is 79.9. The van der Waals surface area contributed by atoms with Gasteiger partial charge >= 0.3 is 0 Å². The first-order valence-corrected chi connectivity index (χ1v) is 13.5. The molecule has 5 nitrogen and oxygen atoms in total. The van der Waals surface area contributed by atoms with E-state index in [1.807, 2.05) is 12.1 Å². The smallest absolute Gasteiger partial charge is 0.225 e. The number of hydrogen-bond acceptors (Lipinski definition) is 3. The van der Waals surface area contributed by atoms with Gasteiger partial charge < -0.3 is 15.0 Å². The van der Waals surface area contributed by atoms with Crippen LogP contribution >= 0.6 is 15.9 Å². The van der Waals surface area contributed by atoms with E-state index in [1.54, 1.807) is 6.07 Å². The summed E-state index contributed by atoms with van der Waals surface area (Å²) in [6.07, 6.45) is 4.95. The molecular formula is C28H31BrFN3O2. The van der Waals surface area contributed by atoms with Gasteiger partial charge in [-0.05, 0) is 49.4 Å². The van der Waals surface area contributed by atoms with Crippen LogP contribution in [0.15, 0.2) is 46.9 Å². The minimum absolute atomic E-state index is 0.0438. The number of aromatic nitrogens is 1. The second-order valence-corrected chi connectivity index (χ2v) is 11.4. The van der Waals surface area contributed by atoms with Gasteiger partial charge in [0.25, 0.3) is 0 Å². The summed E-state index contributed by atoms with van der Waals surface area (Å²) in [4.78, 5) is 20.9. The number of halogens is 2. The van der Waals surface area contributed by atoms with Gasteiger partial charge in [0, 0.05) is 64.1 Å². The number of aliphatic hydroxyl groups excluding tert-OH is 1. The van der Waals surface area contributed by atoms with E-state index in [9.17, 15) is 14.3 Å². The molecule has 7 heteroatoms. The number of H-pyrrole nitrogens is 1. The molecule has 184 valence electrons. The number of fused-ring (bicyclic) bond motifs is 4. The molecule has 3 aliphatic rings. The number of carbonyl (C=O) groups excluding carboxylic acids is 1. The van der Waals surface area contributed by atoms with E-state index in [-0.39, 0.29) is 29.8 Å². The molecule has 2 fully saturated rings. The maximum absolute atomic E-state index is 14.6. The van der Waals surface area contributed by atoms with Crippen LogP contribution in [-0.4, -0.2) is 52.0 Å². The van der Waals surface area contributed by atoms with Crippen molar-refractivity contribution in [2.75, 3.05) is 26.2 Å². The summed E-state index contributed by atoms with van der Waals surface area (Å²) >= 11 is 3.59. The number of hydrogen-bond donors (Lipinski definition) is 2. The average molecular weight is 540 g/mol. The summed E-state index contributed by atoms with van der Waals surface area (Å²) in [5, 5.41) is 11.7. The van der Waals surface area contributed by atoms with Gasteiger partial charge in [-0.3, -0.25) is 9.69 Å². The van der Waals surface area contributed by atoms with Crippen LogP contribution in [0.2, 0.25) is 0 Å². The van der Waals surface area contributed by atoms with Crippen molar-refractivity contribution in [2.24, 2.45) is 5.92 Å². The van der Waals surface area contributed by atoms with E-state index in [0.29, 0.717) is 18.0 Å². The second-order valence-electron chi connectivity index (χ2n) is 10.5. The van der Waals surface area contributed by atoms with Gasteiger partial charge in [-0.1, -0.05) is 46.6 Å². The molecule has 1 spiro atoms. The fourth-order valence-electron chi connectivity index (χ4n) is 6.47. The van der Waals surface area contributed by atoms with Crippen LogP contribution in [-0.2, 0) is 16.8 Å². The van der Waals surface area contributed by atoms with Crippen molar-refractivity contribution in [3.8, 4) is 0 Å². The summed E-state index contributed by atoms with van der Waals surface area (Å²) in [7, 11) is 0. The van der Waals surface area contributed by atoms with Gasteiger partial charge in [0.2, 0.25) is 5.91 Å². The van der Waals surface area contributed by atoms with Crippen LogP contribution in [0, 0.1) is 11.7 Å². The molecule has 6 rings (SSSR count). The highest BCUT2D eigenvalue weighted by Gasteiger charge is 2.48. The lowest BCUT2D eigenvalue weighted by molar-refractivity contribution is -0.140. The summed E-state index contributed by atoms with van der Waals surface area (Å²) < 4.78 is 15.6. The Labute approximate surface area is 213 Å². The number of rotatable bonds is 4. The zero-order valence-corrected chi connectivity index (χ0v) is 21.4. The third-order valence-corrected chi connectivity index (χ3v) is 9.08. The standard InChI is InChI=1S/C28H31BrFN3O2/c29-20-8-9-21-23(14-20)31-26-24(16-34)33(15-19-4-1-2-7-22(19)30)17-28(25(21)26)10-12-32(13-11-28)27(35)18-5-3-6-18/h1-2,4,7-9,14,18,24,31,34H,3,5-6,10-13,15-17H2. The van der Waals surface area contributed by atoms with E-state index < -0.39 is 0 Å². The molecule has 3 heterocycles. The molecule has 0 bridgehead atoms. The molecule has 0 radical (unpaired) electrons. The summed E-state index contributed by atoms with van der Waals surface area (Å²) in [5.41, 5.74) is 3.83. The van der Waals surface area contributed by atoms with Crippen molar-refractivity contribution in [3.63, 3.8) is 0 Å². The lowest BCUT2D eigenvalue weighted by Crippen LogP contribution is -2.55. The third-order valence-electron chi connectivity index (χ3n) is 8.59. The Morgan fingerprint density at radius 2 is 1.94 bits per heavy atom. The number of aliphatic hydroxyl groups is 1. The molecule has 1 amide bonds. The van der Waals surface area contributed by atoms with Gasteiger partial charge in [0.05, 0.1) is 12.6 Å². The topological polar surface area (TPSA) is 59.6 Å². The van der Waals surface area contributed by atoms with Crippen LogP contribution in [0.25, 0.3) is 10.9 Å². The van der Waals surface area contributed by atoms with Crippen LogP contribution in [0.5, 0.6) is 0 Å². The van der Waals surface area contributed by atoms with Crippen LogP contribution in [0.4, 0.5) is 4.39 Å². The molecule has 1 saturated heterocycles. The Kier molecular flexibility index (Phi) is 5.98. The van der Waals surface area contributed by atoms with E-state index in [4.69, 9.17) is 0 Å². The normalized spacial score (nSPS) is 22.4. The van der Waals surface area contributed by atoms with E-state index in [0.717, 1.165) is 67.4 Å². The van der Waals surface area contributed by atoms with Crippen molar-refractivity contribution in [2.45, 2.75) is 50.1 Å². The maximum atomic E-state index is 14.6. The first kappa shape index (κ1) is 23.2. The zero-order chi connectivity index (χ0) is 24.2. The SMILES string of the molecule is O=C(C1CCC1)N1CCC2(CC1)CN(Cc1ccccc1F)C(CO)c1[nH]c3cc(Br)ccc3c12. The van der Waals surface area contributed by atoms with Crippen molar-refractivity contribution < 1.29 is 14.3 Å². The Bertz CT molecular complexity index is 1260. The Morgan fingerprint density at radius 3 is 2.63 bits per heavy atom. The molecule has 1 atom stereocenters. The molecule has 1 aromatic heterocycles. The first-order chi connectivity index (χ1) is 17.0. The molecule has 1 unspecified atom stereocenters. The molecule has 2 N–H and O–H groups in total. The third kappa shape index (κ3) is 3.92. The zero-order valence-electron chi connectivity index (χ0n) is 19.8. The molecule has 1 aliphatic carbocycles. The van der Waals surface area contributed by atoms with Gasteiger partial charge in [0.15, 0.2) is 0 Å².